The molecule has 100 valence electrons. The van der Waals surface area contributed by atoms with E-state index in [1.165, 1.54) is 0 Å². The number of hydrogen-bond acceptors (Lipinski definition) is 3. The number of benzene rings is 1. The fourth-order valence-electron chi connectivity index (χ4n) is 2.40. The van der Waals surface area contributed by atoms with E-state index >= 15 is 0 Å². The van der Waals surface area contributed by atoms with Gasteiger partial charge in [-0.3, -0.25) is 4.90 Å². The van der Waals surface area contributed by atoms with Gasteiger partial charge in [0.15, 0.2) is 0 Å². The van der Waals surface area contributed by atoms with E-state index in [-0.39, 0.29) is 12.1 Å². The van der Waals surface area contributed by atoms with Gasteiger partial charge in [0.2, 0.25) is 0 Å². The highest BCUT2D eigenvalue weighted by atomic mass is 35.5. The highest BCUT2D eigenvalue weighted by Crippen LogP contribution is 2.32. The maximum Gasteiger partial charge on any atom is 0.0896 e. The van der Waals surface area contributed by atoms with Crippen molar-refractivity contribution in [1.29, 1.82) is 0 Å². The van der Waals surface area contributed by atoms with E-state index in [0.29, 0.717) is 10.0 Å². The minimum absolute atomic E-state index is 0.131. The zero-order chi connectivity index (χ0) is 13.1. The lowest BCUT2D eigenvalue weighted by molar-refractivity contribution is -0.0606. The number of hydrogen-bond donors (Lipinski definition) is 1. The molecule has 0 aliphatic carbocycles. The van der Waals surface area contributed by atoms with Gasteiger partial charge in [-0.15, -0.1) is 0 Å². The number of nitrogens with zero attached hydrogens (tertiary/aromatic N) is 1. The summed E-state index contributed by atoms with van der Waals surface area (Å²) in [6, 6.07) is 6.01. The molecule has 0 radical (unpaired) electrons. The van der Waals surface area contributed by atoms with Crippen LogP contribution in [0.2, 0.25) is 10.0 Å². The molecule has 3 nitrogen and oxygen atoms in total. The summed E-state index contributed by atoms with van der Waals surface area (Å²) in [5.41, 5.74) is 1.15. The van der Waals surface area contributed by atoms with Crippen LogP contribution in [0.4, 0.5) is 0 Å². The minimum atomic E-state index is 0.131. The molecule has 0 bridgehead atoms. The van der Waals surface area contributed by atoms with E-state index in [0.717, 1.165) is 25.3 Å². The van der Waals surface area contributed by atoms with Gasteiger partial charge in [0.1, 0.15) is 0 Å². The van der Waals surface area contributed by atoms with Gasteiger partial charge >= 0.3 is 0 Å². The van der Waals surface area contributed by atoms with Gasteiger partial charge in [-0.25, -0.2) is 0 Å². The molecule has 0 amide bonds. The summed E-state index contributed by atoms with van der Waals surface area (Å²) >= 11 is 12.1. The molecular weight excluding hydrogens is 271 g/mol. The third-order valence-electron chi connectivity index (χ3n) is 3.29. The summed E-state index contributed by atoms with van der Waals surface area (Å²) < 4.78 is 5.85. The van der Waals surface area contributed by atoms with Crippen LogP contribution >= 0.6 is 23.2 Å². The van der Waals surface area contributed by atoms with Gasteiger partial charge in [0.25, 0.3) is 0 Å². The molecule has 2 unspecified atom stereocenters. The first kappa shape index (κ1) is 14.1. The fraction of sp³-hybridized carbons (Fsp3) is 0.538. The number of likely N-dealkylation sites (N-methyl/N-ethyl adjacent to an activating group) is 2. The van der Waals surface area contributed by atoms with E-state index < -0.39 is 0 Å². The molecule has 2 rings (SSSR count). The Labute approximate surface area is 118 Å². The molecule has 1 fully saturated rings. The van der Waals surface area contributed by atoms with E-state index in [1.54, 1.807) is 0 Å². The Bertz CT molecular complexity index is 412. The summed E-state index contributed by atoms with van der Waals surface area (Å²) in [4.78, 5) is 2.30. The lowest BCUT2D eigenvalue weighted by atomic mass is 9.98. The zero-order valence-electron chi connectivity index (χ0n) is 10.6. The first-order chi connectivity index (χ1) is 8.63. The van der Waals surface area contributed by atoms with Crippen LogP contribution in [-0.4, -0.2) is 44.8 Å². The Kier molecular flexibility index (Phi) is 4.87. The summed E-state index contributed by atoms with van der Waals surface area (Å²) in [6.07, 6.45) is 0.131. The number of rotatable bonds is 3. The number of nitrogens with one attached hydrogen (secondary N) is 1. The largest absolute Gasteiger partial charge is 0.374 e. The number of halogens is 2. The SMILES string of the molecule is CNCC1OCCN(C)C1c1ccc(Cl)c(Cl)c1. The van der Waals surface area contributed by atoms with Crippen molar-refractivity contribution in [3.63, 3.8) is 0 Å². The van der Waals surface area contributed by atoms with Gasteiger partial charge < -0.3 is 10.1 Å². The monoisotopic (exact) mass is 288 g/mol. The Morgan fingerprint density at radius 3 is 2.83 bits per heavy atom. The molecule has 1 aromatic rings. The summed E-state index contributed by atoms with van der Waals surface area (Å²) in [5, 5.41) is 4.35. The Hall–Kier alpha value is -0.320. The van der Waals surface area contributed by atoms with E-state index in [2.05, 4.69) is 17.3 Å². The topological polar surface area (TPSA) is 24.5 Å². The first-order valence-corrected chi connectivity index (χ1v) is 6.80. The molecule has 0 spiro atoms. The van der Waals surface area contributed by atoms with Crippen molar-refractivity contribution in [2.75, 3.05) is 33.8 Å². The van der Waals surface area contributed by atoms with Gasteiger partial charge in [-0.1, -0.05) is 29.3 Å². The highest BCUT2D eigenvalue weighted by molar-refractivity contribution is 6.42. The average Bonchev–Trinajstić information content (AvgIpc) is 2.34. The van der Waals surface area contributed by atoms with E-state index in [4.69, 9.17) is 27.9 Å². The molecule has 5 heteroatoms. The van der Waals surface area contributed by atoms with Crippen LogP contribution in [-0.2, 0) is 4.74 Å². The Morgan fingerprint density at radius 1 is 1.39 bits per heavy atom. The normalized spacial score (nSPS) is 25.3. The fourth-order valence-corrected chi connectivity index (χ4v) is 2.71. The predicted molar refractivity (Wildman–Crippen MR) is 75.5 cm³/mol. The van der Waals surface area contributed by atoms with Gasteiger partial charge in [0, 0.05) is 13.1 Å². The van der Waals surface area contributed by atoms with Crippen LogP contribution in [0.5, 0.6) is 0 Å². The lowest BCUT2D eigenvalue weighted by Gasteiger charge is -2.39. The van der Waals surface area contributed by atoms with Crippen molar-refractivity contribution in [2.45, 2.75) is 12.1 Å². The molecule has 0 saturated carbocycles. The standard InChI is InChI=1S/C13H18Cl2N2O/c1-16-8-12-13(17(2)5-6-18-12)9-3-4-10(14)11(15)7-9/h3-4,7,12-13,16H,5-6,8H2,1-2H3. The first-order valence-electron chi connectivity index (χ1n) is 6.05. The van der Waals surface area contributed by atoms with Gasteiger partial charge in [0.05, 0.1) is 28.8 Å². The number of morpholine rings is 1. The zero-order valence-corrected chi connectivity index (χ0v) is 12.1. The van der Waals surface area contributed by atoms with E-state index in [9.17, 15) is 0 Å². The second-order valence-corrected chi connectivity index (χ2v) is 5.38. The molecule has 2 atom stereocenters. The van der Waals surface area contributed by atoms with Crippen molar-refractivity contribution in [3.05, 3.63) is 33.8 Å². The van der Waals surface area contributed by atoms with Gasteiger partial charge in [-0.2, -0.15) is 0 Å². The Balaban J connectivity index is 2.28. The van der Waals surface area contributed by atoms with Crippen LogP contribution in [0.3, 0.4) is 0 Å². The third kappa shape index (κ3) is 2.98. The van der Waals surface area contributed by atoms with Crippen LogP contribution in [0.25, 0.3) is 0 Å². The molecule has 1 aliphatic heterocycles. The molecule has 1 N–H and O–H groups in total. The smallest absolute Gasteiger partial charge is 0.0896 e. The molecule has 18 heavy (non-hydrogen) atoms. The maximum absolute atomic E-state index is 6.10. The molecule has 0 aromatic heterocycles. The van der Waals surface area contributed by atoms with Crippen molar-refractivity contribution < 1.29 is 4.74 Å². The second kappa shape index (κ2) is 6.22. The molecule has 1 aromatic carbocycles. The molecule has 1 aliphatic rings. The summed E-state index contributed by atoms with van der Waals surface area (Å²) in [7, 11) is 4.04. The van der Waals surface area contributed by atoms with Crippen LogP contribution < -0.4 is 5.32 Å². The Morgan fingerprint density at radius 2 is 2.17 bits per heavy atom. The van der Waals surface area contributed by atoms with Crippen molar-refractivity contribution in [2.24, 2.45) is 0 Å². The molecule has 1 saturated heterocycles. The maximum atomic E-state index is 6.10. The average molecular weight is 289 g/mol. The predicted octanol–water partition coefficient (Wildman–Crippen LogP) is 2.58. The van der Waals surface area contributed by atoms with Crippen LogP contribution in [0, 0.1) is 0 Å². The molecular formula is C13H18Cl2N2O. The number of ether oxygens (including phenoxy) is 1. The summed E-state index contributed by atoms with van der Waals surface area (Å²) in [5.74, 6) is 0. The highest BCUT2D eigenvalue weighted by Gasteiger charge is 2.31. The second-order valence-electron chi connectivity index (χ2n) is 4.57. The van der Waals surface area contributed by atoms with E-state index in [1.807, 2.05) is 25.2 Å². The quantitative estimate of drug-likeness (QED) is 0.925. The lowest BCUT2D eigenvalue weighted by Crippen LogP contribution is -2.46. The minimum Gasteiger partial charge on any atom is -0.374 e. The van der Waals surface area contributed by atoms with Crippen molar-refractivity contribution >= 4 is 23.2 Å². The van der Waals surface area contributed by atoms with Gasteiger partial charge in [-0.05, 0) is 31.8 Å². The van der Waals surface area contributed by atoms with Crippen molar-refractivity contribution in [3.8, 4) is 0 Å². The van der Waals surface area contributed by atoms with Crippen LogP contribution in [0.15, 0.2) is 18.2 Å². The van der Waals surface area contributed by atoms with Crippen LogP contribution in [0.1, 0.15) is 11.6 Å². The third-order valence-corrected chi connectivity index (χ3v) is 4.03. The summed E-state index contributed by atoms with van der Waals surface area (Å²) in [6.45, 7) is 2.50. The molecule has 1 heterocycles. The van der Waals surface area contributed by atoms with Crippen molar-refractivity contribution in [1.82, 2.24) is 10.2 Å².